The quantitative estimate of drug-likeness (QED) is 0.851. The summed E-state index contributed by atoms with van der Waals surface area (Å²) >= 11 is 3.00. The van der Waals surface area contributed by atoms with Crippen molar-refractivity contribution in [1.82, 2.24) is 5.32 Å². The topological polar surface area (TPSA) is 64.6 Å². The van der Waals surface area contributed by atoms with Crippen LogP contribution in [0.25, 0.3) is 9.40 Å². The summed E-state index contributed by atoms with van der Waals surface area (Å²) in [6.07, 6.45) is 0.759. The second kappa shape index (κ2) is 6.76. The van der Waals surface area contributed by atoms with Gasteiger partial charge >= 0.3 is 5.97 Å². The van der Waals surface area contributed by atoms with E-state index in [0.29, 0.717) is 31.2 Å². The van der Waals surface area contributed by atoms with Crippen LogP contribution in [0.15, 0.2) is 11.4 Å². The Morgan fingerprint density at radius 2 is 2.36 bits per heavy atom. The fourth-order valence-corrected chi connectivity index (χ4v) is 4.73. The Labute approximate surface area is 136 Å². The van der Waals surface area contributed by atoms with Crippen LogP contribution in [0.2, 0.25) is 0 Å². The molecule has 118 valence electrons. The van der Waals surface area contributed by atoms with Gasteiger partial charge in [0.15, 0.2) is 0 Å². The first kappa shape index (κ1) is 15.5. The lowest BCUT2D eigenvalue weighted by atomic mass is 10.1. The number of esters is 1. The summed E-state index contributed by atoms with van der Waals surface area (Å²) in [5.74, 6) is -0.406. The van der Waals surface area contributed by atoms with Crippen LogP contribution in [0.5, 0.6) is 0 Å². The van der Waals surface area contributed by atoms with Gasteiger partial charge in [-0.2, -0.15) is 0 Å². The summed E-state index contributed by atoms with van der Waals surface area (Å²) in [4.78, 5) is 24.8. The van der Waals surface area contributed by atoms with Crippen molar-refractivity contribution >= 4 is 43.9 Å². The summed E-state index contributed by atoms with van der Waals surface area (Å²) in [5, 5.41) is 4.93. The van der Waals surface area contributed by atoms with Crippen LogP contribution in [-0.4, -0.2) is 31.7 Å². The number of carbonyl (C=O) groups excluding carboxylic acids is 2. The Kier molecular flexibility index (Phi) is 4.75. The van der Waals surface area contributed by atoms with Gasteiger partial charge in [-0.25, -0.2) is 4.79 Å². The Morgan fingerprint density at radius 1 is 1.50 bits per heavy atom. The molecule has 0 radical (unpaired) electrons. The number of thiophene rings is 2. The van der Waals surface area contributed by atoms with Crippen molar-refractivity contribution in [2.75, 3.05) is 19.8 Å². The van der Waals surface area contributed by atoms with E-state index >= 15 is 0 Å². The van der Waals surface area contributed by atoms with E-state index in [-0.39, 0.29) is 17.8 Å². The lowest BCUT2D eigenvalue weighted by Gasteiger charge is -2.10. The molecule has 2 aromatic rings. The van der Waals surface area contributed by atoms with Crippen molar-refractivity contribution in [2.24, 2.45) is 5.92 Å². The summed E-state index contributed by atoms with van der Waals surface area (Å²) in [7, 11) is 0. The van der Waals surface area contributed by atoms with E-state index in [1.807, 2.05) is 11.4 Å². The van der Waals surface area contributed by atoms with Crippen LogP contribution in [0.4, 0.5) is 0 Å². The highest BCUT2D eigenvalue weighted by Gasteiger charge is 2.25. The fourth-order valence-electron chi connectivity index (χ4n) is 2.46. The van der Waals surface area contributed by atoms with Crippen molar-refractivity contribution in [3.05, 3.63) is 21.9 Å². The number of nitrogens with one attached hydrogen (secondary N) is 1. The van der Waals surface area contributed by atoms with Gasteiger partial charge in [-0.05, 0) is 24.8 Å². The number of rotatable bonds is 5. The molecular weight excluding hydrogens is 322 g/mol. The maximum absolute atomic E-state index is 12.1. The summed E-state index contributed by atoms with van der Waals surface area (Å²) in [6, 6.07) is 1.99. The molecule has 1 saturated heterocycles. The van der Waals surface area contributed by atoms with E-state index < -0.39 is 0 Å². The largest absolute Gasteiger partial charge is 0.462 e. The normalized spacial score (nSPS) is 17.8. The molecule has 0 aliphatic carbocycles. The number of hydrogen-bond donors (Lipinski definition) is 1. The zero-order chi connectivity index (χ0) is 15.5. The van der Waals surface area contributed by atoms with E-state index in [9.17, 15) is 9.59 Å². The Morgan fingerprint density at radius 3 is 3.09 bits per heavy atom. The first-order valence-corrected chi connectivity index (χ1v) is 8.91. The molecule has 1 fully saturated rings. The SMILES string of the molecule is CCOC(=O)c1sc2ccsc2c1CNC(=O)[C@H]1CCOC1. The molecule has 2 aromatic heterocycles. The molecule has 5 nitrogen and oxygen atoms in total. The molecule has 1 aliphatic heterocycles. The van der Waals surface area contributed by atoms with Gasteiger partial charge in [-0.3, -0.25) is 4.79 Å². The third-order valence-electron chi connectivity index (χ3n) is 3.59. The average molecular weight is 339 g/mol. The van der Waals surface area contributed by atoms with Crippen LogP contribution in [0, 0.1) is 5.92 Å². The van der Waals surface area contributed by atoms with Crippen LogP contribution in [0.1, 0.15) is 28.6 Å². The molecule has 7 heteroatoms. The van der Waals surface area contributed by atoms with Gasteiger partial charge in [0.05, 0.1) is 23.8 Å². The van der Waals surface area contributed by atoms with Crippen molar-refractivity contribution in [1.29, 1.82) is 0 Å². The van der Waals surface area contributed by atoms with Crippen molar-refractivity contribution < 1.29 is 19.1 Å². The minimum absolute atomic E-state index is 0.0109. The highest BCUT2D eigenvalue weighted by Crippen LogP contribution is 2.35. The molecule has 1 N–H and O–H groups in total. The molecule has 0 spiro atoms. The van der Waals surface area contributed by atoms with E-state index in [4.69, 9.17) is 9.47 Å². The predicted molar refractivity (Wildman–Crippen MR) is 86.4 cm³/mol. The second-order valence-electron chi connectivity index (χ2n) is 5.02. The molecule has 1 atom stereocenters. The highest BCUT2D eigenvalue weighted by atomic mass is 32.1. The first-order chi connectivity index (χ1) is 10.7. The first-order valence-electron chi connectivity index (χ1n) is 7.22. The predicted octanol–water partition coefficient (Wildman–Crippen LogP) is 2.79. The molecule has 1 aliphatic rings. The van der Waals surface area contributed by atoms with Gasteiger partial charge in [0.2, 0.25) is 5.91 Å². The van der Waals surface area contributed by atoms with Gasteiger partial charge in [0.1, 0.15) is 4.88 Å². The van der Waals surface area contributed by atoms with Gasteiger partial charge in [0.25, 0.3) is 0 Å². The van der Waals surface area contributed by atoms with Gasteiger partial charge in [-0.15, -0.1) is 22.7 Å². The van der Waals surface area contributed by atoms with E-state index in [1.54, 1.807) is 18.3 Å². The number of amides is 1. The minimum atomic E-state index is -0.315. The molecule has 0 unspecified atom stereocenters. The minimum Gasteiger partial charge on any atom is -0.462 e. The van der Waals surface area contributed by atoms with Crippen molar-refractivity contribution in [2.45, 2.75) is 19.9 Å². The lowest BCUT2D eigenvalue weighted by Crippen LogP contribution is -2.30. The van der Waals surface area contributed by atoms with Crippen LogP contribution in [-0.2, 0) is 20.8 Å². The highest BCUT2D eigenvalue weighted by molar-refractivity contribution is 7.28. The summed E-state index contributed by atoms with van der Waals surface area (Å²) in [5.41, 5.74) is 0.862. The number of ether oxygens (including phenoxy) is 2. The fraction of sp³-hybridized carbons (Fsp3) is 0.467. The maximum atomic E-state index is 12.1. The van der Waals surface area contributed by atoms with E-state index in [0.717, 1.165) is 21.4 Å². The van der Waals surface area contributed by atoms with E-state index in [1.165, 1.54) is 11.3 Å². The summed E-state index contributed by atoms with van der Waals surface area (Å²) in [6.45, 7) is 3.60. The zero-order valence-corrected chi connectivity index (χ0v) is 13.9. The van der Waals surface area contributed by atoms with Crippen LogP contribution in [0.3, 0.4) is 0 Å². The third-order valence-corrected chi connectivity index (χ3v) is 5.87. The molecule has 3 heterocycles. The number of carbonyl (C=O) groups is 2. The summed E-state index contributed by atoms with van der Waals surface area (Å²) < 4.78 is 12.5. The van der Waals surface area contributed by atoms with E-state index in [2.05, 4.69) is 5.32 Å². The Bertz CT molecular complexity index is 685. The Hall–Kier alpha value is -1.44. The van der Waals surface area contributed by atoms with Crippen molar-refractivity contribution in [3.8, 4) is 0 Å². The lowest BCUT2D eigenvalue weighted by molar-refractivity contribution is -0.125. The van der Waals surface area contributed by atoms with Crippen LogP contribution < -0.4 is 5.32 Å². The second-order valence-corrected chi connectivity index (χ2v) is 6.99. The molecule has 0 aromatic carbocycles. The molecule has 22 heavy (non-hydrogen) atoms. The zero-order valence-electron chi connectivity index (χ0n) is 12.2. The molecule has 0 saturated carbocycles. The monoisotopic (exact) mass is 339 g/mol. The van der Waals surface area contributed by atoms with Gasteiger partial charge in [0, 0.05) is 23.4 Å². The standard InChI is InChI=1S/C15H17NO4S2/c1-2-20-15(18)13-10(12-11(22-13)4-6-21-12)7-16-14(17)9-3-5-19-8-9/h4,6,9H,2-3,5,7-8H2,1H3,(H,16,17)/t9-/m0/s1. The third kappa shape index (κ3) is 3.02. The molecular formula is C15H17NO4S2. The molecule has 0 bridgehead atoms. The van der Waals surface area contributed by atoms with Crippen LogP contribution >= 0.6 is 22.7 Å². The number of fused-ring (bicyclic) bond motifs is 1. The van der Waals surface area contributed by atoms with Gasteiger partial charge < -0.3 is 14.8 Å². The smallest absolute Gasteiger partial charge is 0.348 e. The Balaban J connectivity index is 1.78. The maximum Gasteiger partial charge on any atom is 0.348 e. The average Bonchev–Trinajstić information content (AvgIpc) is 3.21. The molecule has 3 rings (SSSR count). The van der Waals surface area contributed by atoms with Gasteiger partial charge in [-0.1, -0.05) is 0 Å². The number of hydrogen-bond acceptors (Lipinski definition) is 6. The molecule has 1 amide bonds. The van der Waals surface area contributed by atoms with Crippen molar-refractivity contribution in [3.63, 3.8) is 0 Å².